The summed E-state index contributed by atoms with van der Waals surface area (Å²) in [6.07, 6.45) is -0.0490. The molecule has 0 spiro atoms. The van der Waals surface area contributed by atoms with Crippen molar-refractivity contribution in [2.24, 2.45) is 5.92 Å². The Balaban J connectivity index is 2.30. The standard InChI is InChI=1S/C10H17NO3/c1-6-7(2)13-5-10(3)8(6)11(4)9(12)14-10/h6-8H,5H2,1-4H3/t6-,7?,8-,10?/m0/s1. The third-order valence-corrected chi connectivity index (χ3v) is 3.52. The predicted molar refractivity (Wildman–Crippen MR) is 51.0 cm³/mol. The Morgan fingerprint density at radius 2 is 2.14 bits per heavy atom. The summed E-state index contributed by atoms with van der Waals surface area (Å²) < 4.78 is 10.9. The van der Waals surface area contributed by atoms with Crippen molar-refractivity contribution in [1.82, 2.24) is 4.90 Å². The summed E-state index contributed by atoms with van der Waals surface area (Å²) in [7, 11) is 1.80. The maximum absolute atomic E-state index is 11.4. The van der Waals surface area contributed by atoms with Crippen LogP contribution in [0.1, 0.15) is 20.8 Å². The molecule has 0 aromatic heterocycles. The van der Waals surface area contributed by atoms with Crippen LogP contribution in [0.2, 0.25) is 0 Å². The van der Waals surface area contributed by atoms with Gasteiger partial charge in [-0.15, -0.1) is 0 Å². The number of hydrogen-bond donors (Lipinski definition) is 0. The van der Waals surface area contributed by atoms with E-state index in [9.17, 15) is 4.79 Å². The monoisotopic (exact) mass is 199 g/mol. The lowest BCUT2D eigenvalue weighted by atomic mass is 9.82. The summed E-state index contributed by atoms with van der Waals surface area (Å²) in [5, 5.41) is 0. The van der Waals surface area contributed by atoms with Crippen LogP contribution in [0.25, 0.3) is 0 Å². The molecule has 2 fully saturated rings. The minimum Gasteiger partial charge on any atom is -0.438 e. The van der Waals surface area contributed by atoms with Gasteiger partial charge in [-0.05, 0) is 13.8 Å². The summed E-state index contributed by atoms with van der Waals surface area (Å²) >= 11 is 0. The molecule has 2 rings (SSSR count). The van der Waals surface area contributed by atoms with Gasteiger partial charge in [0.15, 0.2) is 5.60 Å². The van der Waals surface area contributed by atoms with E-state index in [4.69, 9.17) is 9.47 Å². The number of hydrogen-bond acceptors (Lipinski definition) is 3. The number of carbonyl (C=O) groups is 1. The van der Waals surface area contributed by atoms with Gasteiger partial charge in [-0.25, -0.2) is 4.79 Å². The van der Waals surface area contributed by atoms with Crippen molar-refractivity contribution in [2.45, 2.75) is 38.5 Å². The second-order valence-electron chi connectivity index (χ2n) is 4.61. The summed E-state index contributed by atoms with van der Waals surface area (Å²) in [5.74, 6) is 0.310. The summed E-state index contributed by atoms with van der Waals surface area (Å²) in [6, 6.07) is 0.138. The van der Waals surface area contributed by atoms with Crippen molar-refractivity contribution in [3.05, 3.63) is 0 Å². The molecule has 0 N–H and O–H groups in total. The lowest BCUT2D eigenvalue weighted by Crippen LogP contribution is -2.56. The van der Waals surface area contributed by atoms with Crippen LogP contribution in [0.15, 0.2) is 0 Å². The van der Waals surface area contributed by atoms with Gasteiger partial charge >= 0.3 is 6.09 Å². The molecule has 2 unspecified atom stereocenters. The van der Waals surface area contributed by atoms with Crippen LogP contribution < -0.4 is 0 Å². The van der Waals surface area contributed by atoms with Crippen molar-refractivity contribution >= 4 is 6.09 Å². The van der Waals surface area contributed by atoms with Gasteiger partial charge in [-0.1, -0.05) is 6.92 Å². The fourth-order valence-corrected chi connectivity index (χ4v) is 2.58. The average Bonchev–Trinajstić information content (AvgIpc) is 2.33. The van der Waals surface area contributed by atoms with Crippen molar-refractivity contribution in [2.75, 3.05) is 13.7 Å². The van der Waals surface area contributed by atoms with E-state index in [1.54, 1.807) is 11.9 Å². The molecule has 1 amide bonds. The molecule has 14 heavy (non-hydrogen) atoms. The number of fused-ring (bicyclic) bond motifs is 1. The van der Waals surface area contributed by atoms with Crippen molar-refractivity contribution in [3.8, 4) is 0 Å². The SMILES string of the molecule is CC1OCC2(C)OC(=O)N(C)[C@H]2[C@H]1C. The van der Waals surface area contributed by atoms with Crippen LogP contribution >= 0.6 is 0 Å². The number of carbonyl (C=O) groups excluding carboxylic acids is 1. The normalized spacial score (nSPS) is 47.6. The molecule has 2 saturated heterocycles. The number of rotatable bonds is 0. The Hall–Kier alpha value is -0.770. The van der Waals surface area contributed by atoms with Crippen LogP contribution in [-0.4, -0.2) is 42.4 Å². The molecular weight excluding hydrogens is 182 g/mol. The van der Waals surface area contributed by atoms with E-state index >= 15 is 0 Å². The van der Waals surface area contributed by atoms with Gasteiger partial charge in [0.2, 0.25) is 0 Å². The zero-order chi connectivity index (χ0) is 10.5. The molecule has 0 aliphatic carbocycles. The molecule has 80 valence electrons. The summed E-state index contributed by atoms with van der Waals surface area (Å²) in [4.78, 5) is 13.1. The number of amides is 1. The highest BCUT2D eigenvalue weighted by Gasteiger charge is 2.55. The van der Waals surface area contributed by atoms with E-state index in [2.05, 4.69) is 6.92 Å². The molecule has 0 radical (unpaired) electrons. The minimum absolute atomic E-state index is 0.138. The molecule has 2 aliphatic heterocycles. The van der Waals surface area contributed by atoms with Crippen LogP contribution in [0.3, 0.4) is 0 Å². The third-order valence-electron chi connectivity index (χ3n) is 3.52. The fraction of sp³-hybridized carbons (Fsp3) is 0.900. The van der Waals surface area contributed by atoms with Crippen LogP contribution in [0, 0.1) is 5.92 Å². The predicted octanol–water partition coefficient (Wildman–Crippen LogP) is 1.25. The molecule has 0 saturated carbocycles. The number of ether oxygens (including phenoxy) is 2. The van der Waals surface area contributed by atoms with E-state index in [1.807, 2.05) is 13.8 Å². The number of nitrogens with zero attached hydrogens (tertiary/aromatic N) is 1. The first-order chi connectivity index (χ1) is 6.46. The van der Waals surface area contributed by atoms with Crippen LogP contribution in [0.4, 0.5) is 4.79 Å². The Morgan fingerprint density at radius 3 is 2.79 bits per heavy atom. The highest BCUT2D eigenvalue weighted by molar-refractivity contribution is 5.71. The highest BCUT2D eigenvalue weighted by atomic mass is 16.6. The Labute approximate surface area is 84.2 Å². The molecule has 4 nitrogen and oxygen atoms in total. The van der Waals surface area contributed by atoms with Gasteiger partial charge in [-0.3, -0.25) is 0 Å². The zero-order valence-corrected chi connectivity index (χ0v) is 9.11. The molecular formula is C10H17NO3. The smallest absolute Gasteiger partial charge is 0.410 e. The Bertz CT molecular complexity index is 268. The topological polar surface area (TPSA) is 38.8 Å². The van der Waals surface area contributed by atoms with E-state index in [1.165, 1.54) is 0 Å². The second kappa shape index (κ2) is 2.86. The minimum atomic E-state index is -0.461. The van der Waals surface area contributed by atoms with Crippen molar-refractivity contribution in [3.63, 3.8) is 0 Å². The van der Waals surface area contributed by atoms with Crippen LogP contribution in [0.5, 0.6) is 0 Å². The zero-order valence-electron chi connectivity index (χ0n) is 9.11. The summed E-state index contributed by atoms with van der Waals surface area (Å²) in [6.45, 7) is 6.59. The largest absolute Gasteiger partial charge is 0.438 e. The second-order valence-corrected chi connectivity index (χ2v) is 4.61. The Morgan fingerprint density at radius 1 is 1.50 bits per heavy atom. The van der Waals surface area contributed by atoms with Gasteiger partial charge in [0.1, 0.15) is 0 Å². The fourth-order valence-electron chi connectivity index (χ4n) is 2.58. The van der Waals surface area contributed by atoms with Gasteiger partial charge in [0.05, 0.1) is 18.8 Å². The molecule has 0 aromatic rings. The van der Waals surface area contributed by atoms with E-state index in [0.717, 1.165) is 0 Å². The van der Waals surface area contributed by atoms with Gasteiger partial charge in [-0.2, -0.15) is 0 Å². The van der Waals surface area contributed by atoms with E-state index < -0.39 is 5.60 Å². The maximum atomic E-state index is 11.4. The lowest BCUT2D eigenvalue weighted by molar-refractivity contribution is -0.129. The quantitative estimate of drug-likeness (QED) is 0.589. The van der Waals surface area contributed by atoms with Gasteiger partial charge in [0, 0.05) is 13.0 Å². The maximum Gasteiger partial charge on any atom is 0.410 e. The van der Waals surface area contributed by atoms with Crippen LogP contribution in [-0.2, 0) is 9.47 Å². The first-order valence-corrected chi connectivity index (χ1v) is 5.03. The van der Waals surface area contributed by atoms with E-state index in [0.29, 0.717) is 12.5 Å². The van der Waals surface area contributed by atoms with Crippen molar-refractivity contribution in [1.29, 1.82) is 0 Å². The summed E-state index contributed by atoms with van der Waals surface area (Å²) in [5.41, 5.74) is -0.461. The van der Waals surface area contributed by atoms with E-state index in [-0.39, 0.29) is 18.2 Å². The molecule has 2 heterocycles. The molecule has 2 aliphatic rings. The average molecular weight is 199 g/mol. The molecule has 4 heteroatoms. The van der Waals surface area contributed by atoms with Gasteiger partial charge in [0.25, 0.3) is 0 Å². The van der Waals surface area contributed by atoms with Crippen molar-refractivity contribution < 1.29 is 14.3 Å². The highest BCUT2D eigenvalue weighted by Crippen LogP contribution is 2.39. The molecule has 0 bridgehead atoms. The number of likely N-dealkylation sites (N-methyl/N-ethyl adjacent to an activating group) is 1. The third kappa shape index (κ3) is 1.13. The van der Waals surface area contributed by atoms with Gasteiger partial charge < -0.3 is 14.4 Å². The first kappa shape index (κ1) is 9.77. The Kier molecular flexibility index (Phi) is 2.00. The first-order valence-electron chi connectivity index (χ1n) is 5.03. The lowest BCUT2D eigenvalue weighted by Gasteiger charge is -2.42. The molecule has 0 aromatic carbocycles. The molecule has 4 atom stereocenters.